The summed E-state index contributed by atoms with van der Waals surface area (Å²) >= 11 is 0. The summed E-state index contributed by atoms with van der Waals surface area (Å²) in [5, 5.41) is 0. The molecule has 0 aliphatic rings. The van der Waals surface area contributed by atoms with Crippen LogP contribution in [-0.2, 0) is 0 Å². The van der Waals surface area contributed by atoms with E-state index in [1.807, 2.05) is 0 Å². The summed E-state index contributed by atoms with van der Waals surface area (Å²) in [4.78, 5) is 0. The lowest BCUT2D eigenvalue weighted by atomic mass is 10.1. The third-order valence-electron chi connectivity index (χ3n) is 3.69. The Morgan fingerprint density at radius 3 is 1.47 bits per heavy atom. The highest BCUT2D eigenvalue weighted by Gasteiger charge is 1.90. The van der Waals surface area contributed by atoms with Crippen molar-refractivity contribution in [2.24, 2.45) is 0 Å². The Bertz CT molecular complexity index is 169. The molecule has 0 fully saturated rings. The standard InChI is InChI=1S/C19H35/c1-3-5-7-9-11-13-15-17-19-18-16-14-12-10-8-6-4-2/h17,19H,3-16,18H2,1H3/b19-17-. The van der Waals surface area contributed by atoms with Crippen LogP contribution < -0.4 is 0 Å². The van der Waals surface area contributed by atoms with E-state index in [1.54, 1.807) is 0 Å². The summed E-state index contributed by atoms with van der Waals surface area (Å²) in [6.07, 6.45) is 24.2. The lowest BCUT2D eigenvalue weighted by Gasteiger charge is -1.99. The maximum absolute atomic E-state index is 7.07. The van der Waals surface area contributed by atoms with E-state index in [1.165, 1.54) is 83.5 Å². The van der Waals surface area contributed by atoms with Crippen LogP contribution in [0.3, 0.4) is 0 Å². The van der Waals surface area contributed by atoms with E-state index in [4.69, 9.17) is 6.92 Å². The predicted molar refractivity (Wildman–Crippen MR) is 87.3 cm³/mol. The van der Waals surface area contributed by atoms with Crippen molar-refractivity contribution in [2.75, 3.05) is 0 Å². The average Bonchev–Trinajstić information content (AvgIpc) is 2.43. The molecule has 0 aromatic carbocycles. The van der Waals surface area contributed by atoms with Crippen LogP contribution in [0.4, 0.5) is 0 Å². The van der Waals surface area contributed by atoms with Gasteiger partial charge in [-0.3, -0.25) is 0 Å². The van der Waals surface area contributed by atoms with Gasteiger partial charge in [0.25, 0.3) is 0 Å². The first-order valence-electron chi connectivity index (χ1n) is 8.71. The first-order valence-corrected chi connectivity index (χ1v) is 8.71. The molecule has 0 N–H and O–H groups in total. The fourth-order valence-corrected chi connectivity index (χ4v) is 2.37. The second-order valence-electron chi connectivity index (χ2n) is 5.69. The average molecular weight is 263 g/mol. The van der Waals surface area contributed by atoms with Crippen LogP contribution in [0.25, 0.3) is 0 Å². The summed E-state index contributed by atoms with van der Waals surface area (Å²) in [7, 11) is 0. The molecule has 0 heterocycles. The molecule has 3 radical (unpaired) electrons. The molecular weight excluding hydrogens is 228 g/mol. The lowest BCUT2D eigenvalue weighted by Crippen LogP contribution is -1.79. The molecule has 0 aliphatic carbocycles. The van der Waals surface area contributed by atoms with Gasteiger partial charge in [0, 0.05) is 0 Å². The number of rotatable bonds is 15. The highest BCUT2D eigenvalue weighted by Crippen LogP contribution is 2.10. The Morgan fingerprint density at radius 1 is 0.579 bits per heavy atom. The number of allylic oxidation sites excluding steroid dienone is 2. The number of hydrogen-bond acceptors (Lipinski definition) is 0. The molecule has 0 heteroatoms. The summed E-state index contributed by atoms with van der Waals surface area (Å²) in [6.45, 7) is 9.34. The minimum atomic E-state index is 0.612. The van der Waals surface area contributed by atoms with E-state index in [9.17, 15) is 0 Å². The van der Waals surface area contributed by atoms with Gasteiger partial charge in [0.1, 0.15) is 0 Å². The number of unbranched alkanes of at least 4 members (excludes halogenated alkanes) is 13. The Hall–Kier alpha value is -0.260. The van der Waals surface area contributed by atoms with Crippen LogP contribution in [0.15, 0.2) is 12.2 Å². The summed E-state index contributed by atoms with van der Waals surface area (Å²) in [6, 6.07) is 0. The molecule has 0 amide bonds. The Labute approximate surface area is 123 Å². The monoisotopic (exact) mass is 263 g/mol. The third-order valence-corrected chi connectivity index (χ3v) is 3.69. The van der Waals surface area contributed by atoms with E-state index < -0.39 is 0 Å². The molecule has 0 saturated carbocycles. The zero-order chi connectivity index (χ0) is 14.0. The van der Waals surface area contributed by atoms with Crippen molar-refractivity contribution in [3.8, 4) is 0 Å². The zero-order valence-electron chi connectivity index (χ0n) is 13.3. The molecule has 0 aromatic heterocycles. The van der Waals surface area contributed by atoms with E-state index in [2.05, 4.69) is 19.1 Å². The van der Waals surface area contributed by atoms with Gasteiger partial charge in [0.05, 0.1) is 0 Å². The Morgan fingerprint density at radius 2 is 1.00 bits per heavy atom. The van der Waals surface area contributed by atoms with Crippen molar-refractivity contribution in [1.29, 1.82) is 0 Å². The van der Waals surface area contributed by atoms with Gasteiger partial charge in [-0.2, -0.15) is 0 Å². The molecule has 0 bridgehead atoms. The number of hydrogen-bond donors (Lipinski definition) is 0. The smallest absolute Gasteiger partial charge is 0.00936 e. The van der Waals surface area contributed by atoms with E-state index in [0.29, 0.717) is 6.42 Å². The van der Waals surface area contributed by atoms with Crippen LogP contribution in [0.2, 0.25) is 0 Å². The summed E-state index contributed by atoms with van der Waals surface area (Å²) in [5.41, 5.74) is 0. The van der Waals surface area contributed by atoms with Crippen LogP contribution in [0.1, 0.15) is 103 Å². The minimum absolute atomic E-state index is 0.612. The quantitative estimate of drug-likeness (QED) is 0.220. The molecule has 0 rings (SSSR count). The highest BCUT2D eigenvalue weighted by atomic mass is 14.0. The van der Waals surface area contributed by atoms with Gasteiger partial charge >= 0.3 is 0 Å². The molecule has 0 aromatic rings. The van der Waals surface area contributed by atoms with Crippen molar-refractivity contribution in [2.45, 2.75) is 103 Å². The molecular formula is C19H35. The van der Waals surface area contributed by atoms with Crippen LogP contribution >= 0.6 is 0 Å². The first-order chi connectivity index (χ1) is 9.41. The first kappa shape index (κ1) is 18.7. The topological polar surface area (TPSA) is 0 Å². The van der Waals surface area contributed by atoms with Crippen LogP contribution in [0, 0.1) is 6.92 Å². The maximum Gasteiger partial charge on any atom is -0.00936 e. The normalized spacial score (nSPS) is 11.5. The van der Waals surface area contributed by atoms with Crippen molar-refractivity contribution in [1.82, 2.24) is 0 Å². The molecule has 0 unspecified atom stereocenters. The molecule has 111 valence electrons. The highest BCUT2D eigenvalue weighted by molar-refractivity contribution is 4.81. The summed E-state index contributed by atoms with van der Waals surface area (Å²) < 4.78 is 0. The fourth-order valence-electron chi connectivity index (χ4n) is 2.37. The van der Waals surface area contributed by atoms with Gasteiger partial charge < -0.3 is 0 Å². The zero-order valence-corrected chi connectivity index (χ0v) is 13.3. The van der Waals surface area contributed by atoms with Gasteiger partial charge in [0.15, 0.2) is 0 Å². The predicted octanol–water partition coefficient (Wildman–Crippen LogP) is 7.00. The van der Waals surface area contributed by atoms with Gasteiger partial charge in [-0.15, -0.1) is 0 Å². The van der Waals surface area contributed by atoms with Crippen molar-refractivity contribution in [3.63, 3.8) is 0 Å². The van der Waals surface area contributed by atoms with Crippen molar-refractivity contribution < 1.29 is 0 Å². The van der Waals surface area contributed by atoms with E-state index in [0.717, 1.165) is 6.42 Å². The molecule has 0 spiro atoms. The van der Waals surface area contributed by atoms with Crippen LogP contribution in [0.5, 0.6) is 0 Å². The molecule has 0 atom stereocenters. The lowest BCUT2D eigenvalue weighted by molar-refractivity contribution is 0.598. The SMILES string of the molecule is [C]CCCCCCCC/C=C\CCCCCCCC. The van der Waals surface area contributed by atoms with Crippen molar-refractivity contribution >= 4 is 0 Å². The largest absolute Gasteiger partial charge is 0.0885 e. The Balaban J connectivity index is 3.01. The van der Waals surface area contributed by atoms with Gasteiger partial charge in [-0.1, -0.05) is 83.3 Å². The maximum atomic E-state index is 7.07. The minimum Gasteiger partial charge on any atom is -0.0885 e. The second-order valence-corrected chi connectivity index (χ2v) is 5.69. The summed E-state index contributed by atoms with van der Waals surface area (Å²) in [5.74, 6) is 0. The van der Waals surface area contributed by atoms with Crippen LogP contribution in [-0.4, -0.2) is 0 Å². The molecule has 0 aliphatic heterocycles. The molecule has 19 heavy (non-hydrogen) atoms. The second kappa shape index (κ2) is 17.7. The van der Waals surface area contributed by atoms with E-state index in [-0.39, 0.29) is 0 Å². The van der Waals surface area contributed by atoms with Crippen molar-refractivity contribution in [3.05, 3.63) is 19.1 Å². The van der Waals surface area contributed by atoms with Gasteiger partial charge in [-0.25, -0.2) is 0 Å². The molecule has 0 saturated heterocycles. The van der Waals surface area contributed by atoms with Gasteiger partial charge in [-0.05, 0) is 39.0 Å². The van der Waals surface area contributed by atoms with E-state index >= 15 is 0 Å². The van der Waals surface area contributed by atoms with Gasteiger partial charge in [0.2, 0.25) is 0 Å². The Kier molecular flexibility index (Phi) is 17.5. The molecule has 0 nitrogen and oxygen atoms in total. The third kappa shape index (κ3) is 17.7. The fraction of sp³-hybridized carbons (Fsp3) is 0.842.